The van der Waals surface area contributed by atoms with E-state index in [1.165, 1.54) is 19.3 Å². The molecule has 0 aromatic heterocycles. The molecule has 154 valence electrons. The van der Waals surface area contributed by atoms with Crippen LogP contribution in [0.1, 0.15) is 78.6 Å². The van der Waals surface area contributed by atoms with Crippen molar-refractivity contribution in [2.75, 3.05) is 0 Å². The molecule has 0 N–H and O–H groups in total. The van der Waals surface area contributed by atoms with Crippen molar-refractivity contribution in [1.29, 1.82) is 0 Å². The Bertz CT molecular complexity index is 724. The molecule has 0 aromatic carbocycles. The molecule has 0 radical (unpaired) electrons. The molecule has 5 nitrogen and oxygen atoms in total. The third-order valence-corrected chi connectivity index (χ3v) is 9.87. The van der Waals surface area contributed by atoms with Crippen LogP contribution in [-0.4, -0.2) is 24.9 Å². The smallest absolute Gasteiger partial charge is 0.726 e. The molecule has 3 unspecified atom stereocenters. The number of fused-ring (bicyclic) bond motifs is 5. The molecule has 28 heavy (non-hydrogen) atoms. The van der Waals surface area contributed by atoms with Gasteiger partial charge in [0.1, 0.15) is 5.78 Å². The third-order valence-electron chi connectivity index (χ3n) is 9.36. The Morgan fingerprint density at radius 1 is 0.964 bits per heavy atom. The number of Topliss-reactive ketones (excluding diaryl/α,β-unsaturated/α-hetero) is 1. The van der Waals surface area contributed by atoms with Crippen LogP contribution in [0.2, 0.25) is 0 Å². The van der Waals surface area contributed by atoms with Crippen LogP contribution in [0.4, 0.5) is 0 Å². The number of rotatable bonds is 3. The molecule has 8 atom stereocenters. The van der Waals surface area contributed by atoms with Gasteiger partial charge in [0.2, 0.25) is 10.4 Å². The minimum atomic E-state index is -4.62. The van der Waals surface area contributed by atoms with Gasteiger partial charge in [0.25, 0.3) is 0 Å². The van der Waals surface area contributed by atoms with Crippen LogP contribution in [-0.2, 0) is 19.4 Å². The maximum Gasteiger partial charge on any atom is 1.00 e. The van der Waals surface area contributed by atoms with Gasteiger partial charge < -0.3 is 4.55 Å². The molecule has 0 bridgehead atoms. The molecule has 4 fully saturated rings. The molecule has 4 aliphatic carbocycles. The Hall–Kier alpha value is 0.540. The number of hydrogen-bond acceptors (Lipinski definition) is 5. The Labute approximate surface area is 192 Å². The largest absolute Gasteiger partial charge is 1.00 e. The molecule has 7 heteroatoms. The number of carbonyl (C=O) groups excluding carboxylic acids is 1. The fraction of sp³-hybridized carbons (Fsp3) is 0.952. The van der Waals surface area contributed by atoms with Gasteiger partial charge in [0, 0.05) is 5.92 Å². The maximum atomic E-state index is 12.2. The van der Waals surface area contributed by atoms with Crippen LogP contribution in [0, 0.1) is 40.4 Å². The summed E-state index contributed by atoms with van der Waals surface area (Å²) in [4.78, 5) is 12.2. The van der Waals surface area contributed by atoms with E-state index < -0.39 is 16.5 Å². The predicted molar refractivity (Wildman–Crippen MR) is 100 cm³/mol. The van der Waals surface area contributed by atoms with Crippen molar-refractivity contribution < 1.29 is 51.5 Å². The van der Waals surface area contributed by atoms with Crippen molar-refractivity contribution in [1.82, 2.24) is 0 Å². The summed E-state index contributed by atoms with van der Waals surface area (Å²) >= 11 is 0. The van der Waals surface area contributed by atoms with Gasteiger partial charge in [0.05, 0.1) is 6.10 Å². The van der Waals surface area contributed by atoms with Crippen molar-refractivity contribution in [3.05, 3.63) is 0 Å². The van der Waals surface area contributed by atoms with Crippen LogP contribution in [0.25, 0.3) is 0 Å². The van der Waals surface area contributed by atoms with Crippen molar-refractivity contribution in [3.8, 4) is 0 Å². The van der Waals surface area contributed by atoms with E-state index in [9.17, 15) is 17.8 Å². The van der Waals surface area contributed by atoms with E-state index in [2.05, 4.69) is 13.8 Å². The van der Waals surface area contributed by atoms with Gasteiger partial charge in [0.15, 0.2) is 0 Å². The molecule has 4 rings (SSSR count). The van der Waals surface area contributed by atoms with Gasteiger partial charge in [-0.2, -0.15) is 0 Å². The fourth-order valence-corrected chi connectivity index (χ4v) is 8.65. The minimum Gasteiger partial charge on any atom is -0.726 e. The van der Waals surface area contributed by atoms with E-state index in [1.807, 2.05) is 0 Å². The monoisotopic (exact) mass is 420 g/mol. The fourth-order valence-electron chi connectivity index (χ4n) is 8.14. The summed E-state index contributed by atoms with van der Waals surface area (Å²) in [6, 6.07) is 0. The minimum absolute atomic E-state index is 0. The molecular formula is C21H33NaO5S. The summed E-state index contributed by atoms with van der Waals surface area (Å²) < 4.78 is 37.8. The van der Waals surface area contributed by atoms with E-state index in [0.29, 0.717) is 42.3 Å². The molecule has 4 saturated carbocycles. The quantitative estimate of drug-likeness (QED) is 0.388. The molecule has 0 amide bonds. The molecule has 0 aromatic rings. The van der Waals surface area contributed by atoms with Crippen LogP contribution in [0.3, 0.4) is 0 Å². The van der Waals surface area contributed by atoms with Crippen LogP contribution < -0.4 is 29.6 Å². The molecule has 4 aliphatic rings. The van der Waals surface area contributed by atoms with Crippen molar-refractivity contribution in [2.45, 2.75) is 84.7 Å². The molecular weight excluding hydrogens is 387 g/mol. The van der Waals surface area contributed by atoms with E-state index in [-0.39, 0.29) is 46.3 Å². The van der Waals surface area contributed by atoms with Gasteiger partial charge in [-0.15, -0.1) is 0 Å². The number of hydrogen-bond donors (Lipinski definition) is 0. The third kappa shape index (κ3) is 3.80. The molecule has 0 heterocycles. The van der Waals surface area contributed by atoms with Crippen LogP contribution >= 0.6 is 0 Å². The van der Waals surface area contributed by atoms with Gasteiger partial charge in [-0.3, -0.25) is 8.98 Å². The van der Waals surface area contributed by atoms with Crippen LogP contribution in [0.5, 0.6) is 0 Å². The van der Waals surface area contributed by atoms with Crippen molar-refractivity contribution >= 4 is 16.2 Å². The average molecular weight is 421 g/mol. The molecule has 0 spiro atoms. The predicted octanol–water partition coefficient (Wildman–Crippen LogP) is 1.08. The summed E-state index contributed by atoms with van der Waals surface area (Å²) in [5, 5.41) is 0. The summed E-state index contributed by atoms with van der Waals surface area (Å²) in [6.45, 7) is 6.54. The topological polar surface area (TPSA) is 83.5 Å². The van der Waals surface area contributed by atoms with Crippen molar-refractivity contribution in [2.24, 2.45) is 40.4 Å². The second kappa shape index (κ2) is 7.90. The van der Waals surface area contributed by atoms with E-state index in [1.54, 1.807) is 6.92 Å². The first-order chi connectivity index (χ1) is 12.5. The first kappa shape index (κ1) is 23.2. The maximum absolute atomic E-state index is 12.2. The van der Waals surface area contributed by atoms with Gasteiger partial charge >= 0.3 is 29.6 Å². The Morgan fingerprint density at radius 3 is 2.25 bits per heavy atom. The van der Waals surface area contributed by atoms with Gasteiger partial charge in [-0.05, 0) is 99.2 Å². The average Bonchev–Trinajstić information content (AvgIpc) is 2.91. The molecule has 0 aliphatic heterocycles. The zero-order chi connectivity index (χ0) is 19.6. The first-order valence-corrected chi connectivity index (χ1v) is 12.0. The van der Waals surface area contributed by atoms with E-state index in [4.69, 9.17) is 4.18 Å². The SMILES string of the molecule is CC(=O)[C@H]1CCC2C3CC[C@H]4C[C@@H](OS(=O)(=O)[O-])CC[C@]4(C)C3CC[C@@]21C.[Na+]. The second-order valence-corrected chi connectivity index (χ2v) is 11.4. The Kier molecular flexibility index (Phi) is 6.55. The first-order valence-electron chi connectivity index (χ1n) is 10.7. The summed E-state index contributed by atoms with van der Waals surface area (Å²) in [7, 11) is -4.62. The normalized spacial score (nSPS) is 48.0. The van der Waals surface area contributed by atoms with Crippen LogP contribution in [0.15, 0.2) is 0 Å². The second-order valence-electron chi connectivity index (χ2n) is 10.3. The summed E-state index contributed by atoms with van der Waals surface area (Å²) in [6.07, 6.45) is 8.68. The summed E-state index contributed by atoms with van der Waals surface area (Å²) in [5.74, 6) is 3.04. The van der Waals surface area contributed by atoms with E-state index in [0.717, 1.165) is 25.7 Å². The standard InChI is InChI=1S/C21H34O5S.Na/c1-13(22)17-6-7-18-16-5-4-14-12-15(26-27(23,24)25)8-10-20(14,2)19(16)9-11-21(17,18)3;/h14-19H,4-12H2,1-3H3,(H,23,24,25);/q;+1/p-1/t14-,15-,16?,17+,18?,19?,20-,21+;/m0./s1. The number of ketones is 1. The summed E-state index contributed by atoms with van der Waals surface area (Å²) in [5.41, 5.74) is 0.387. The van der Waals surface area contributed by atoms with Gasteiger partial charge in [-0.25, -0.2) is 8.42 Å². The van der Waals surface area contributed by atoms with E-state index >= 15 is 0 Å². The molecule has 0 saturated heterocycles. The van der Waals surface area contributed by atoms with Gasteiger partial charge in [-0.1, -0.05) is 13.8 Å². The number of carbonyl (C=O) groups is 1. The zero-order valence-corrected chi connectivity index (χ0v) is 20.6. The Balaban J connectivity index is 0.00000225. The Morgan fingerprint density at radius 2 is 1.61 bits per heavy atom. The zero-order valence-electron chi connectivity index (χ0n) is 17.8. The van der Waals surface area contributed by atoms with Crippen molar-refractivity contribution in [3.63, 3.8) is 0 Å².